The average molecular weight is 181 g/mol. The van der Waals surface area contributed by atoms with Gasteiger partial charge in [-0.15, -0.1) is 10.2 Å². The van der Waals surface area contributed by atoms with Crippen molar-refractivity contribution in [2.24, 2.45) is 5.73 Å². The Hall–Kier alpha value is -1.43. The van der Waals surface area contributed by atoms with Gasteiger partial charge < -0.3 is 15.6 Å². The fourth-order valence-corrected chi connectivity index (χ4v) is 1.41. The highest BCUT2D eigenvalue weighted by atomic mass is 16.2. The molecule has 3 N–H and O–H groups in total. The fraction of sp³-hybridized carbons (Fsp3) is 0.571. The zero-order valence-corrected chi connectivity index (χ0v) is 7.16. The summed E-state index contributed by atoms with van der Waals surface area (Å²) in [5.74, 6) is 1.05. The maximum Gasteiger partial charge on any atom is 0.289 e. The van der Waals surface area contributed by atoms with Crippen LogP contribution in [0.5, 0.6) is 0 Å². The predicted molar refractivity (Wildman–Crippen MR) is 45.1 cm³/mol. The van der Waals surface area contributed by atoms with Crippen LogP contribution in [0.3, 0.4) is 0 Å². The van der Waals surface area contributed by atoms with Crippen LogP contribution in [0.25, 0.3) is 0 Å². The van der Waals surface area contributed by atoms with Crippen molar-refractivity contribution in [2.75, 3.05) is 13.1 Å². The Balaban J connectivity index is 2.36. The van der Waals surface area contributed by atoms with Crippen molar-refractivity contribution in [3.8, 4) is 0 Å². The van der Waals surface area contributed by atoms with Gasteiger partial charge in [0.15, 0.2) is 0 Å². The Kier molecular flexibility index (Phi) is 1.97. The molecular formula is C7H11N5O. The summed E-state index contributed by atoms with van der Waals surface area (Å²) >= 11 is 0. The highest BCUT2D eigenvalue weighted by molar-refractivity contribution is 5.91. The minimum atomic E-state index is -0.151. The van der Waals surface area contributed by atoms with Gasteiger partial charge in [0, 0.05) is 19.5 Å². The van der Waals surface area contributed by atoms with Crippen molar-refractivity contribution >= 4 is 5.91 Å². The summed E-state index contributed by atoms with van der Waals surface area (Å²) in [5, 5.41) is 10.4. The maximum atomic E-state index is 11.2. The Morgan fingerprint density at radius 1 is 1.54 bits per heavy atom. The predicted octanol–water partition coefficient (Wildman–Crippen LogP) is -1.48. The highest BCUT2D eigenvalue weighted by Crippen LogP contribution is 2.05. The van der Waals surface area contributed by atoms with E-state index in [9.17, 15) is 4.79 Å². The van der Waals surface area contributed by atoms with Gasteiger partial charge in [0.25, 0.3) is 5.91 Å². The van der Waals surface area contributed by atoms with Crippen LogP contribution in [0.15, 0.2) is 0 Å². The summed E-state index contributed by atoms with van der Waals surface area (Å²) in [5.41, 5.74) is 5.41. The molecule has 0 saturated carbocycles. The molecule has 1 amide bonds. The van der Waals surface area contributed by atoms with E-state index in [1.165, 1.54) is 0 Å². The normalized spacial score (nSPS) is 15.3. The summed E-state index contributed by atoms with van der Waals surface area (Å²) in [6.45, 7) is 1.91. The van der Waals surface area contributed by atoms with Gasteiger partial charge in [0.1, 0.15) is 5.82 Å². The van der Waals surface area contributed by atoms with E-state index in [4.69, 9.17) is 5.73 Å². The van der Waals surface area contributed by atoms with Crippen LogP contribution >= 0.6 is 0 Å². The van der Waals surface area contributed by atoms with Crippen LogP contribution in [-0.4, -0.2) is 33.8 Å². The van der Waals surface area contributed by atoms with Crippen molar-refractivity contribution in [3.05, 3.63) is 11.6 Å². The van der Waals surface area contributed by atoms with Gasteiger partial charge in [-0.25, -0.2) is 0 Å². The third-order valence-electron chi connectivity index (χ3n) is 2.02. The summed E-state index contributed by atoms with van der Waals surface area (Å²) in [4.78, 5) is 11.2. The molecule has 2 heterocycles. The number of aromatic nitrogens is 3. The molecule has 0 fully saturated rings. The van der Waals surface area contributed by atoms with Crippen molar-refractivity contribution in [2.45, 2.75) is 13.0 Å². The molecule has 6 heteroatoms. The van der Waals surface area contributed by atoms with Crippen molar-refractivity contribution in [1.29, 1.82) is 0 Å². The van der Waals surface area contributed by atoms with Crippen LogP contribution in [-0.2, 0) is 13.0 Å². The van der Waals surface area contributed by atoms with Crippen LogP contribution in [0.1, 0.15) is 16.4 Å². The molecule has 0 bridgehead atoms. The van der Waals surface area contributed by atoms with Crippen LogP contribution < -0.4 is 11.1 Å². The first-order chi connectivity index (χ1) is 6.33. The highest BCUT2D eigenvalue weighted by Gasteiger charge is 2.21. The molecule has 1 aromatic heterocycles. The van der Waals surface area contributed by atoms with Gasteiger partial charge in [0.2, 0.25) is 5.82 Å². The average Bonchev–Trinajstić information content (AvgIpc) is 2.51. The second kappa shape index (κ2) is 3.14. The molecule has 0 atom stereocenters. The second-order valence-corrected chi connectivity index (χ2v) is 2.89. The number of nitrogens with zero attached hydrogens (tertiary/aromatic N) is 3. The molecule has 0 aromatic carbocycles. The number of carbonyl (C=O) groups is 1. The number of hydrogen-bond acceptors (Lipinski definition) is 4. The van der Waals surface area contributed by atoms with E-state index < -0.39 is 0 Å². The summed E-state index contributed by atoms with van der Waals surface area (Å²) in [6, 6.07) is 0. The maximum absolute atomic E-state index is 11.2. The zero-order chi connectivity index (χ0) is 9.26. The van der Waals surface area contributed by atoms with E-state index in [-0.39, 0.29) is 5.91 Å². The number of fused-ring (bicyclic) bond motifs is 1. The molecule has 1 aliphatic heterocycles. The van der Waals surface area contributed by atoms with Crippen molar-refractivity contribution < 1.29 is 4.79 Å². The number of hydrogen-bond donors (Lipinski definition) is 2. The van der Waals surface area contributed by atoms with Gasteiger partial charge in [-0.3, -0.25) is 4.79 Å². The molecule has 70 valence electrons. The lowest BCUT2D eigenvalue weighted by Crippen LogP contribution is -2.36. The van der Waals surface area contributed by atoms with Gasteiger partial charge in [-0.05, 0) is 6.54 Å². The minimum Gasteiger partial charge on any atom is -0.348 e. The third kappa shape index (κ3) is 1.29. The van der Waals surface area contributed by atoms with E-state index in [0.29, 0.717) is 25.3 Å². The molecule has 0 saturated heterocycles. The first kappa shape index (κ1) is 8.18. The molecule has 0 spiro atoms. The minimum absolute atomic E-state index is 0.151. The Labute approximate surface area is 75.1 Å². The number of nitrogens with one attached hydrogen (secondary N) is 1. The number of amides is 1. The third-order valence-corrected chi connectivity index (χ3v) is 2.02. The van der Waals surface area contributed by atoms with E-state index in [1.54, 1.807) is 0 Å². The summed E-state index contributed by atoms with van der Waals surface area (Å²) < 4.78 is 1.83. The van der Waals surface area contributed by atoms with Crippen molar-refractivity contribution in [1.82, 2.24) is 20.1 Å². The van der Waals surface area contributed by atoms with Crippen LogP contribution in [0, 0.1) is 0 Å². The topological polar surface area (TPSA) is 85.8 Å². The summed E-state index contributed by atoms with van der Waals surface area (Å²) in [7, 11) is 0. The van der Waals surface area contributed by atoms with E-state index in [0.717, 1.165) is 12.4 Å². The van der Waals surface area contributed by atoms with E-state index in [1.807, 2.05) is 4.57 Å². The van der Waals surface area contributed by atoms with Gasteiger partial charge >= 0.3 is 0 Å². The smallest absolute Gasteiger partial charge is 0.289 e. The molecular weight excluding hydrogens is 170 g/mol. The first-order valence-electron chi connectivity index (χ1n) is 4.23. The van der Waals surface area contributed by atoms with E-state index in [2.05, 4.69) is 15.5 Å². The number of carbonyl (C=O) groups excluding carboxylic acids is 1. The molecule has 0 unspecified atom stereocenters. The van der Waals surface area contributed by atoms with Crippen LogP contribution in [0.2, 0.25) is 0 Å². The largest absolute Gasteiger partial charge is 0.348 e. The monoisotopic (exact) mass is 181 g/mol. The fourth-order valence-electron chi connectivity index (χ4n) is 1.41. The lowest BCUT2D eigenvalue weighted by molar-refractivity contribution is 0.0921. The second-order valence-electron chi connectivity index (χ2n) is 2.89. The van der Waals surface area contributed by atoms with Gasteiger partial charge in [0.05, 0.1) is 0 Å². The first-order valence-corrected chi connectivity index (χ1v) is 4.23. The molecule has 1 aliphatic rings. The number of rotatable bonds is 2. The number of nitrogens with two attached hydrogens (primary N) is 1. The zero-order valence-electron chi connectivity index (χ0n) is 7.16. The lowest BCUT2D eigenvalue weighted by Gasteiger charge is -2.14. The molecule has 0 radical (unpaired) electrons. The molecule has 13 heavy (non-hydrogen) atoms. The quantitative estimate of drug-likeness (QED) is 0.582. The summed E-state index contributed by atoms with van der Waals surface area (Å²) in [6.07, 6.45) is 0.667. The van der Waals surface area contributed by atoms with Crippen molar-refractivity contribution in [3.63, 3.8) is 0 Å². The Morgan fingerprint density at radius 2 is 2.38 bits per heavy atom. The van der Waals surface area contributed by atoms with Crippen LogP contribution in [0.4, 0.5) is 0 Å². The molecule has 6 nitrogen and oxygen atoms in total. The van der Waals surface area contributed by atoms with Gasteiger partial charge in [-0.1, -0.05) is 0 Å². The Bertz CT molecular complexity index is 332. The molecule has 0 aliphatic carbocycles. The van der Waals surface area contributed by atoms with Gasteiger partial charge in [-0.2, -0.15) is 0 Å². The Morgan fingerprint density at radius 3 is 3.15 bits per heavy atom. The molecule has 1 aromatic rings. The standard InChI is InChI=1S/C7H11N5O/c8-2-1-5-10-11-6-7(13)9-3-4-12(5)6/h1-4,8H2,(H,9,13). The SMILES string of the molecule is NCCc1nnc2n1CCNC2=O. The molecule has 2 rings (SSSR count). The lowest BCUT2D eigenvalue weighted by atomic mass is 10.3. The van der Waals surface area contributed by atoms with E-state index >= 15 is 0 Å².